The van der Waals surface area contributed by atoms with Crippen LogP contribution in [0.25, 0.3) is 0 Å². The zero-order valence-corrected chi connectivity index (χ0v) is 15.2. The van der Waals surface area contributed by atoms with Crippen LogP contribution in [0.1, 0.15) is 19.8 Å². The minimum absolute atomic E-state index is 0.200. The molecular formula is C14H22F2N4O5S. The van der Waals surface area contributed by atoms with E-state index in [1.807, 2.05) is 6.92 Å². The zero-order valence-electron chi connectivity index (χ0n) is 14.4. The molecule has 0 saturated carbocycles. The number of aliphatic imine (C=N–C) groups is 1. The van der Waals surface area contributed by atoms with Crippen molar-refractivity contribution >= 4 is 30.0 Å². The molecule has 1 heterocycles. The number of hydrogen-bond donors (Lipinski definition) is 4. The van der Waals surface area contributed by atoms with Gasteiger partial charge in [0.25, 0.3) is 6.43 Å². The first kappa shape index (κ1) is 22.2. The Morgan fingerprint density at radius 2 is 2.19 bits per heavy atom. The first-order valence-electron chi connectivity index (χ1n) is 7.66. The Hall–Kier alpha value is -1.89. The van der Waals surface area contributed by atoms with Crippen molar-refractivity contribution in [2.75, 3.05) is 20.1 Å². The lowest BCUT2D eigenvalue weighted by atomic mass is 10.2. The van der Waals surface area contributed by atoms with Crippen molar-refractivity contribution in [3.05, 3.63) is 11.4 Å². The molecule has 9 nitrogen and oxygen atoms in total. The molecule has 26 heavy (non-hydrogen) atoms. The smallest absolute Gasteiger partial charge is 0.410 e. The Bertz CT molecular complexity index is 582. The molecule has 0 spiro atoms. The number of rotatable bonds is 9. The fraction of sp³-hybridized carbons (Fsp3) is 0.643. The number of ether oxygens (including phenoxy) is 1. The van der Waals surface area contributed by atoms with Gasteiger partial charge >= 0.3 is 12.1 Å². The van der Waals surface area contributed by atoms with Crippen LogP contribution in [-0.4, -0.2) is 81.7 Å². The number of thiocarbonyl (C=S) groups is 1. The average molecular weight is 396 g/mol. The molecule has 1 saturated heterocycles. The summed E-state index contributed by atoms with van der Waals surface area (Å²) in [6.07, 6.45) is -2.63. The molecule has 1 rings (SSSR count). The molecule has 4 N–H and O–H groups in total. The number of carbonyl (C=O) groups is 1. The monoisotopic (exact) mass is 396 g/mol. The first-order chi connectivity index (χ1) is 12.0. The van der Waals surface area contributed by atoms with Crippen LogP contribution in [0.15, 0.2) is 16.4 Å². The summed E-state index contributed by atoms with van der Waals surface area (Å²) in [6, 6.07) is 0. The predicted octanol–water partition coefficient (Wildman–Crippen LogP) is 0.179. The zero-order chi connectivity index (χ0) is 20.1. The summed E-state index contributed by atoms with van der Waals surface area (Å²) in [5.74, 6) is -3.35. The van der Waals surface area contributed by atoms with E-state index in [-0.39, 0.29) is 24.9 Å². The highest BCUT2D eigenvalue weighted by Gasteiger charge is 2.34. The van der Waals surface area contributed by atoms with E-state index >= 15 is 0 Å². The lowest BCUT2D eigenvalue weighted by Crippen LogP contribution is -2.52. The molecule has 0 aliphatic carbocycles. The van der Waals surface area contributed by atoms with E-state index in [1.54, 1.807) is 0 Å². The Morgan fingerprint density at radius 1 is 1.58 bits per heavy atom. The van der Waals surface area contributed by atoms with Gasteiger partial charge in [0.15, 0.2) is 4.99 Å². The van der Waals surface area contributed by atoms with Gasteiger partial charge in [0.2, 0.25) is 0 Å². The molecule has 1 aliphatic rings. The van der Waals surface area contributed by atoms with Crippen molar-refractivity contribution in [1.29, 1.82) is 0 Å². The molecule has 12 heteroatoms. The maximum atomic E-state index is 13.3. The highest BCUT2D eigenvalue weighted by Crippen LogP contribution is 2.22. The molecule has 0 radical (unpaired) electrons. The Balaban J connectivity index is 3.06. The van der Waals surface area contributed by atoms with Crippen LogP contribution in [0.2, 0.25) is 0 Å². The number of aliphatic hydroxyl groups is 3. The van der Waals surface area contributed by atoms with E-state index in [9.17, 15) is 13.6 Å². The van der Waals surface area contributed by atoms with Crippen molar-refractivity contribution in [1.82, 2.24) is 15.3 Å². The van der Waals surface area contributed by atoms with Crippen LogP contribution in [0, 0.1) is 0 Å². The predicted molar refractivity (Wildman–Crippen MR) is 92.2 cm³/mol. The third-order valence-electron chi connectivity index (χ3n) is 3.55. The number of cyclic esters (lactones) is 1. The number of hydrogen-bond acceptors (Lipinski definition) is 8. The van der Waals surface area contributed by atoms with Gasteiger partial charge in [-0.15, -0.1) is 0 Å². The molecule has 0 aromatic heterocycles. The van der Waals surface area contributed by atoms with Gasteiger partial charge in [0.1, 0.15) is 11.8 Å². The Morgan fingerprint density at radius 3 is 2.65 bits per heavy atom. The lowest BCUT2D eigenvalue weighted by molar-refractivity contribution is -0.256. The number of amides is 1. The summed E-state index contributed by atoms with van der Waals surface area (Å²) >= 11 is 4.57. The fourth-order valence-electron chi connectivity index (χ4n) is 2.30. The molecule has 0 aromatic carbocycles. The van der Waals surface area contributed by atoms with Gasteiger partial charge in [-0.3, -0.25) is 20.3 Å². The highest BCUT2D eigenvalue weighted by atomic mass is 32.1. The second-order valence-electron chi connectivity index (χ2n) is 5.60. The van der Waals surface area contributed by atoms with Crippen LogP contribution in [0.5, 0.6) is 0 Å². The Kier molecular flexibility index (Phi) is 7.81. The number of carbonyl (C=O) groups excluding carboxylic acids is 1. The fourth-order valence-corrected chi connectivity index (χ4v) is 2.43. The molecule has 0 aromatic rings. The topological polar surface area (TPSA) is 118 Å². The third-order valence-corrected chi connectivity index (χ3v) is 3.92. The standard InChI is InChI=1S/C14H22F2N4O5S/c1-4-5-8-6-20(13(21)25-8)7-9(10(17-2)11(15)16)19(3)18-12(26)14(22,23)24/h8,11,22-24H,2,4-7H2,1,3H3,(H,18,26)/b10-9-. The van der Waals surface area contributed by atoms with E-state index in [0.717, 1.165) is 11.4 Å². The van der Waals surface area contributed by atoms with Crippen LogP contribution >= 0.6 is 12.2 Å². The molecule has 148 valence electrons. The quantitative estimate of drug-likeness (QED) is 0.189. The lowest BCUT2D eigenvalue weighted by Gasteiger charge is -2.30. The maximum Gasteiger partial charge on any atom is 0.410 e. The molecule has 1 unspecified atom stereocenters. The van der Waals surface area contributed by atoms with Crippen molar-refractivity contribution in [3.8, 4) is 0 Å². The Labute approximate surface area is 154 Å². The number of likely N-dealkylation sites (N-methyl/N-ethyl adjacent to an activating group) is 1. The second kappa shape index (κ2) is 9.16. The minimum Gasteiger partial charge on any atom is -0.444 e. The van der Waals surface area contributed by atoms with E-state index in [4.69, 9.17) is 20.1 Å². The maximum absolute atomic E-state index is 13.3. The van der Waals surface area contributed by atoms with Crippen molar-refractivity contribution in [2.24, 2.45) is 4.99 Å². The van der Waals surface area contributed by atoms with Gasteiger partial charge in [-0.25, -0.2) is 13.6 Å². The molecule has 1 aliphatic heterocycles. The van der Waals surface area contributed by atoms with Gasteiger partial charge in [0, 0.05) is 7.05 Å². The second-order valence-corrected chi connectivity index (χ2v) is 6.01. The summed E-state index contributed by atoms with van der Waals surface area (Å²) in [5.41, 5.74) is 1.22. The molecule has 0 bridgehead atoms. The number of nitrogens with zero attached hydrogens (tertiary/aromatic N) is 3. The summed E-state index contributed by atoms with van der Waals surface area (Å²) in [6.45, 7) is 4.89. The van der Waals surface area contributed by atoms with Gasteiger partial charge in [-0.1, -0.05) is 25.6 Å². The summed E-state index contributed by atoms with van der Waals surface area (Å²) < 4.78 is 31.7. The van der Waals surface area contributed by atoms with Gasteiger partial charge in [-0.05, 0) is 13.1 Å². The summed E-state index contributed by atoms with van der Waals surface area (Å²) in [5, 5.41) is 28.0. The third kappa shape index (κ3) is 5.83. The molecule has 1 amide bonds. The van der Waals surface area contributed by atoms with E-state index in [1.165, 1.54) is 11.9 Å². The average Bonchev–Trinajstić information content (AvgIpc) is 2.85. The van der Waals surface area contributed by atoms with E-state index < -0.39 is 29.2 Å². The first-order valence-corrected chi connectivity index (χ1v) is 8.07. The van der Waals surface area contributed by atoms with Crippen LogP contribution in [0.4, 0.5) is 13.6 Å². The van der Waals surface area contributed by atoms with Crippen LogP contribution in [-0.2, 0) is 4.74 Å². The normalized spacial score (nSPS) is 18.5. The number of nitrogens with one attached hydrogen (secondary N) is 1. The van der Waals surface area contributed by atoms with E-state index in [2.05, 4.69) is 29.4 Å². The van der Waals surface area contributed by atoms with Crippen molar-refractivity contribution in [3.63, 3.8) is 0 Å². The summed E-state index contributed by atoms with van der Waals surface area (Å²) in [4.78, 5) is 15.6. The summed E-state index contributed by atoms with van der Waals surface area (Å²) in [7, 11) is 1.23. The molecule has 1 fully saturated rings. The van der Waals surface area contributed by atoms with E-state index in [0.29, 0.717) is 6.42 Å². The molecular weight excluding hydrogens is 374 g/mol. The number of allylic oxidation sites excluding steroid dienone is 1. The van der Waals surface area contributed by atoms with Crippen molar-refractivity contribution in [2.45, 2.75) is 38.3 Å². The van der Waals surface area contributed by atoms with Gasteiger partial charge in [-0.2, -0.15) is 0 Å². The van der Waals surface area contributed by atoms with Crippen LogP contribution < -0.4 is 5.43 Å². The number of hydrazine groups is 1. The highest BCUT2D eigenvalue weighted by molar-refractivity contribution is 7.80. The molecule has 1 atom stereocenters. The SMILES string of the molecule is C=N/C(=C(/CN1CC(CCC)OC1=O)N(C)NC(=S)C(O)(O)O)C(F)F. The van der Waals surface area contributed by atoms with Gasteiger partial charge < -0.3 is 20.1 Å². The van der Waals surface area contributed by atoms with Crippen LogP contribution in [0.3, 0.4) is 0 Å². The van der Waals surface area contributed by atoms with Crippen molar-refractivity contribution < 1.29 is 33.6 Å². The number of alkyl halides is 2. The van der Waals surface area contributed by atoms with Gasteiger partial charge in [0.05, 0.1) is 18.8 Å². The number of halogens is 2. The largest absolute Gasteiger partial charge is 0.444 e. The minimum atomic E-state index is -3.35.